The molecule has 0 bridgehead atoms. The number of hydrogen-bond donors (Lipinski definition) is 1. The van der Waals surface area contributed by atoms with Crippen molar-refractivity contribution in [2.75, 3.05) is 0 Å². The van der Waals surface area contributed by atoms with Gasteiger partial charge in [-0.2, -0.15) is 0 Å². The zero-order valence-corrected chi connectivity index (χ0v) is 13.0. The summed E-state index contributed by atoms with van der Waals surface area (Å²) in [6.45, 7) is 6.92. The zero-order valence-electron chi connectivity index (χ0n) is 11.4. The van der Waals surface area contributed by atoms with Gasteiger partial charge in [0.25, 0.3) is 0 Å². The molecular weight excluding hydrogens is 306 g/mol. The Kier molecular flexibility index (Phi) is 4.32. The highest BCUT2D eigenvalue weighted by molar-refractivity contribution is 9.10. The molecule has 102 valence electrons. The summed E-state index contributed by atoms with van der Waals surface area (Å²) in [5, 5.41) is 0. The van der Waals surface area contributed by atoms with Crippen LogP contribution in [-0.2, 0) is 13.2 Å². The second-order valence-corrected chi connectivity index (χ2v) is 5.45. The molecular formula is C15H18BrNO2. The van der Waals surface area contributed by atoms with Crippen molar-refractivity contribution in [2.45, 2.75) is 33.9 Å². The molecule has 3 nitrogen and oxygen atoms in total. The van der Waals surface area contributed by atoms with E-state index >= 15 is 0 Å². The summed E-state index contributed by atoms with van der Waals surface area (Å²) in [5.74, 6) is 2.52. The predicted octanol–water partition coefficient (Wildman–Crippen LogP) is 4.01. The maximum absolute atomic E-state index is 5.77. The van der Waals surface area contributed by atoms with Gasteiger partial charge in [0.05, 0.1) is 0 Å². The van der Waals surface area contributed by atoms with E-state index in [2.05, 4.69) is 15.9 Å². The first-order chi connectivity index (χ1) is 9.01. The van der Waals surface area contributed by atoms with Gasteiger partial charge in [-0.05, 0) is 50.1 Å². The molecule has 0 aliphatic carbocycles. The lowest BCUT2D eigenvalue weighted by Crippen LogP contribution is -1.96. The van der Waals surface area contributed by atoms with Crippen LogP contribution in [0.5, 0.6) is 5.75 Å². The Morgan fingerprint density at radius 1 is 1.16 bits per heavy atom. The van der Waals surface area contributed by atoms with Crippen LogP contribution in [0.25, 0.3) is 0 Å². The van der Waals surface area contributed by atoms with Crippen LogP contribution < -0.4 is 10.5 Å². The summed E-state index contributed by atoms with van der Waals surface area (Å²) >= 11 is 3.54. The van der Waals surface area contributed by atoms with E-state index in [9.17, 15) is 0 Å². The van der Waals surface area contributed by atoms with Crippen molar-refractivity contribution in [3.8, 4) is 5.75 Å². The van der Waals surface area contributed by atoms with Crippen molar-refractivity contribution in [3.63, 3.8) is 0 Å². The van der Waals surface area contributed by atoms with Gasteiger partial charge >= 0.3 is 0 Å². The van der Waals surface area contributed by atoms with Crippen molar-refractivity contribution in [1.29, 1.82) is 0 Å². The van der Waals surface area contributed by atoms with Gasteiger partial charge in [-0.3, -0.25) is 0 Å². The van der Waals surface area contributed by atoms with E-state index in [1.807, 2.05) is 39.0 Å². The molecule has 2 rings (SSSR count). The fourth-order valence-corrected chi connectivity index (χ4v) is 2.23. The Bertz CT molecular complexity index is 567. The molecule has 1 aromatic heterocycles. The standard InChI is InChI=1S/C15H18BrNO2/c1-9-4-13(5-10(2)15(9)16)18-8-14-6-12(7-17)11(3)19-14/h4-6H,7-8,17H2,1-3H3. The minimum atomic E-state index is 0.418. The van der Waals surface area contributed by atoms with Gasteiger partial charge in [-0.1, -0.05) is 15.9 Å². The second kappa shape index (κ2) is 5.80. The minimum Gasteiger partial charge on any atom is -0.486 e. The van der Waals surface area contributed by atoms with Crippen LogP contribution >= 0.6 is 15.9 Å². The molecule has 0 aliphatic heterocycles. The van der Waals surface area contributed by atoms with Crippen LogP contribution in [0.15, 0.2) is 27.1 Å². The third-order valence-electron chi connectivity index (χ3n) is 3.08. The second-order valence-electron chi connectivity index (χ2n) is 4.66. The average Bonchev–Trinajstić information content (AvgIpc) is 2.74. The predicted molar refractivity (Wildman–Crippen MR) is 79.3 cm³/mol. The first-order valence-corrected chi connectivity index (χ1v) is 6.98. The number of aryl methyl sites for hydroxylation is 3. The van der Waals surface area contributed by atoms with Crippen molar-refractivity contribution < 1.29 is 9.15 Å². The van der Waals surface area contributed by atoms with Crippen molar-refractivity contribution in [1.82, 2.24) is 0 Å². The molecule has 0 fully saturated rings. The van der Waals surface area contributed by atoms with Crippen LogP contribution in [0, 0.1) is 20.8 Å². The summed E-state index contributed by atoms with van der Waals surface area (Å²) in [4.78, 5) is 0. The summed E-state index contributed by atoms with van der Waals surface area (Å²) in [6, 6.07) is 5.97. The molecule has 0 amide bonds. The number of benzene rings is 1. The SMILES string of the molecule is Cc1cc(OCc2cc(CN)c(C)o2)cc(C)c1Br. The number of halogens is 1. The first-order valence-electron chi connectivity index (χ1n) is 6.19. The molecule has 0 saturated carbocycles. The molecule has 0 spiro atoms. The highest BCUT2D eigenvalue weighted by atomic mass is 79.9. The summed E-state index contributed by atoms with van der Waals surface area (Å²) < 4.78 is 12.5. The van der Waals surface area contributed by atoms with Gasteiger partial charge in [0.15, 0.2) is 0 Å². The molecule has 0 saturated heterocycles. The number of hydrogen-bond acceptors (Lipinski definition) is 3. The highest BCUT2D eigenvalue weighted by Crippen LogP contribution is 2.27. The molecule has 0 radical (unpaired) electrons. The Morgan fingerprint density at radius 2 is 1.79 bits per heavy atom. The van der Waals surface area contributed by atoms with Gasteiger partial charge in [-0.25, -0.2) is 0 Å². The molecule has 2 aromatic rings. The van der Waals surface area contributed by atoms with E-state index < -0.39 is 0 Å². The van der Waals surface area contributed by atoms with Crippen LogP contribution in [0.1, 0.15) is 28.2 Å². The molecule has 0 aliphatic rings. The normalized spacial score (nSPS) is 10.8. The van der Waals surface area contributed by atoms with Gasteiger partial charge in [0, 0.05) is 16.6 Å². The molecule has 2 N–H and O–H groups in total. The molecule has 19 heavy (non-hydrogen) atoms. The van der Waals surface area contributed by atoms with E-state index in [1.54, 1.807) is 0 Å². The van der Waals surface area contributed by atoms with Crippen molar-refractivity contribution in [3.05, 3.63) is 50.9 Å². The maximum Gasteiger partial charge on any atom is 0.146 e. The van der Waals surface area contributed by atoms with E-state index in [0.29, 0.717) is 13.2 Å². The topological polar surface area (TPSA) is 48.4 Å². The summed E-state index contributed by atoms with van der Waals surface area (Å²) in [5.41, 5.74) is 8.97. The maximum atomic E-state index is 5.77. The summed E-state index contributed by atoms with van der Waals surface area (Å²) in [7, 11) is 0. The third kappa shape index (κ3) is 3.19. The Balaban J connectivity index is 2.10. The first kappa shape index (κ1) is 14.2. The lowest BCUT2D eigenvalue weighted by molar-refractivity contribution is 0.267. The molecule has 0 unspecified atom stereocenters. The Morgan fingerprint density at radius 3 is 2.32 bits per heavy atom. The smallest absolute Gasteiger partial charge is 0.146 e. The summed E-state index contributed by atoms with van der Waals surface area (Å²) in [6.07, 6.45) is 0. The minimum absolute atomic E-state index is 0.418. The van der Waals surface area contributed by atoms with Gasteiger partial charge < -0.3 is 14.9 Å². The monoisotopic (exact) mass is 323 g/mol. The van der Waals surface area contributed by atoms with Crippen LogP contribution in [-0.4, -0.2) is 0 Å². The van der Waals surface area contributed by atoms with Crippen molar-refractivity contribution in [2.24, 2.45) is 5.73 Å². The van der Waals surface area contributed by atoms with Crippen LogP contribution in [0.3, 0.4) is 0 Å². The fraction of sp³-hybridized carbons (Fsp3) is 0.333. The number of furan rings is 1. The van der Waals surface area contributed by atoms with E-state index in [1.165, 1.54) is 0 Å². The molecule has 1 heterocycles. The van der Waals surface area contributed by atoms with Gasteiger partial charge in [-0.15, -0.1) is 0 Å². The number of rotatable bonds is 4. The van der Waals surface area contributed by atoms with Crippen molar-refractivity contribution >= 4 is 15.9 Å². The Labute approximate surface area is 121 Å². The van der Waals surface area contributed by atoms with E-state index in [4.69, 9.17) is 14.9 Å². The molecule has 0 atom stereocenters. The Hall–Kier alpha value is -1.26. The van der Waals surface area contributed by atoms with Crippen LogP contribution in [0.2, 0.25) is 0 Å². The van der Waals surface area contributed by atoms with E-state index in [-0.39, 0.29) is 0 Å². The average molecular weight is 324 g/mol. The van der Waals surface area contributed by atoms with Gasteiger partial charge in [0.1, 0.15) is 23.9 Å². The quantitative estimate of drug-likeness (QED) is 0.924. The largest absolute Gasteiger partial charge is 0.486 e. The zero-order chi connectivity index (χ0) is 14.0. The van der Waals surface area contributed by atoms with E-state index in [0.717, 1.165) is 38.4 Å². The van der Waals surface area contributed by atoms with Gasteiger partial charge in [0.2, 0.25) is 0 Å². The molecule has 4 heteroatoms. The number of ether oxygens (including phenoxy) is 1. The lowest BCUT2D eigenvalue weighted by atomic mass is 10.1. The molecule has 1 aromatic carbocycles. The third-order valence-corrected chi connectivity index (χ3v) is 4.33. The highest BCUT2D eigenvalue weighted by Gasteiger charge is 2.08. The lowest BCUT2D eigenvalue weighted by Gasteiger charge is -2.09. The number of nitrogens with two attached hydrogens (primary N) is 1. The fourth-order valence-electron chi connectivity index (χ4n) is 2.01. The van der Waals surface area contributed by atoms with Crippen LogP contribution in [0.4, 0.5) is 0 Å².